The van der Waals surface area contributed by atoms with Crippen molar-refractivity contribution in [2.24, 2.45) is 5.73 Å². The normalized spacial score (nSPS) is 20.4. The molecule has 18 heavy (non-hydrogen) atoms. The van der Waals surface area contributed by atoms with Gasteiger partial charge in [0.25, 0.3) is 5.92 Å². The Morgan fingerprint density at radius 3 is 2.56 bits per heavy atom. The van der Waals surface area contributed by atoms with Gasteiger partial charge in [-0.3, -0.25) is 0 Å². The maximum Gasteiger partial charge on any atom is 0.252 e. The van der Waals surface area contributed by atoms with Gasteiger partial charge in [0.05, 0.1) is 5.54 Å². The lowest BCUT2D eigenvalue weighted by molar-refractivity contribution is -0.125. The molecule has 3 rings (SSSR count). The Balaban J connectivity index is 1.84. The standard InChI is InChI=1S/C11H11F2N5/c12-11(13)4-10(14,5-11)8-1-2-9(16-3-8)18-7-15-6-17-18/h1-3,6-7H,4-5,14H2. The van der Waals surface area contributed by atoms with E-state index in [4.69, 9.17) is 5.73 Å². The van der Waals surface area contributed by atoms with Crippen molar-refractivity contribution in [3.8, 4) is 5.82 Å². The number of nitrogens with zero attached hydrogens (tertiary/aromatic N) is 4. The van der Waals surface area contributed by atoms with Crippen molar-refractivity contribution in [3.63, 3.8) is 0 Å². The SMILES string of the molecule is NC1(c2ccc(-n3cncn3)nc2)CC(F)(F)C1. The van der Waals surface area contributed by atoms with Gasteiger partial charge in [0, 0.05) is 19.0 Å². The highest BCUT2D eigenvalue weighted by atomic mass is 19.3. The van der Waals surface area contributed by atoms with Crippen molar-refractivity contribution in [2.45, 2.75) is 24.3 Å². The molecule has 1 aliphatic rings. The number of hydrogen-bond acceptors (Lipinski definition) is 4. The molecule has 1 fully saturated rings. The van der Waals surface area contributed by atoms with E-state index in [1.807, 2.05) is 0 Å². The highest BCUT2D eigenvalue weighted by Crippen LogP contribution is 2.49. The molecule has 0 unspecified atom stereocenters. The molecule has 1 aliphatic carbocycles. The third-order valence-electron chi connectivity index (χ3n) is 3.12. The Morgan fingerprint density at radius 1 is 1.28 bits per heavy atom. The maximum absolute atomic E-state index is 12.9. The van der Waals surface area contributed by atoms with Gasteiger partial charge in [0.2, 0.25) is 0 Å². The van der Waals surface area contributed by atoms with E-state index in [-0.39, 0.29) is 12.8 Å². The van der Waals surface area contributed by atoms with Crippen LogP contribution in [0.4, 0.5) is 8.78 Å². The summed E-state index contributed by atoms with van der Waals surface area (Å²) in [6, 6.07) is 3.40. The fourth-order valence-corrected chi connectivity index (χ4v) is 2.22. The zero-order valence-electron chi connectivity index (χ0n) is 9.42. The van der Waals surface area contributed by atoms with Crippen LogP contribution in [0.5, 0.6) is 0 Å². The van der Waals surface area contributed by atoms with Crippen molar-refractivity contribution in [2.75, 3.05) is 0 Å². The summed E-state index contributed by atoms with van der Waals surface area (Å²) in [7, 11) is 0. The molecule has 94 valence electrons. The first-order valence-corrected chi connectivity index (χ1v) is 5.47. The van der Waals surface area contributed by atoms with Gasteiger partial charge in [-0.15, -0.1) is 0 Å². The topological polar surface area (TPSA) is 69.6 Å². The number of alkyl halides is 2. The predicted molar refractivity (Wildman–Crippen MR) is 59.2 cm³/mol. The molecule has 2 aromatic heterocycles. The molecule has 0 atom stereocenters. The third kappa shape index (κ3) is 1.76. The highest BCUT2D eigenvalue weighted by Gasteiger charge is 2.55. The first kappa shape index (κ1) is 11.2. The molecule has 7 heteroatoms. The monoisotopic (exact) mass is 251 g/mol. The molecule has 0 aromatic carbocycles. The zero-order chi connectivity index (χ0) is 12.8. The Labute approximate surface area is 102 Å². The quantitative estimate of drug-likeness (QED) is 0.872. The lowest BCUT2D eigenvalue weighted by atomic mass is 9.70. The van der Waals surface area contributed by atoms with Crippen molar-refractivity contribution in [3.05, 3.63) is 36.5 Å². The summed E-state index contributed by atoms with van der Waals surface area (Å²) in [5.74, 6) is -2.08. The molecule has 0 amide bonds. The van der Waals surface area contributed by atoms with Crippen LogP contribution in [0.2, 0.25) is 0 Å². The number of nitrogens with two attached hydrogens (primary N) is 1. The molecule has 0 radical (unpaired) electrons. The molecule has 0 saturated heterocycles. The van der Waals surface area contributed by atoms with Crippen molar-refractivity contribution < 1.29 is 8.78 Å². The van der Waals surface area contributed by atoms with Crippen LogP contribution in [-0.4, -0.2) is 25.7 Å². The molecule has 0 spiro atoms. The summed E-state index contributed by atoms with van der Waals surface area (Å²) in [5.41, 5.74) is 5.58. The van der Waals surface area contributed by atoms with Gasteiger partial charge in [-0.25, -0.2) is 23.4 Å². The van der Waals surface area contributed by atoms with Crippen LogP contribution in [0.3, 0.4) is 0 Å². The van der Waals surface area contributed by atoms with Crippen LogP contribution in [0.1, 0.15) is 18.4 Å². The number of rotatable bonds is 2. The summed E-state index contributed by atoms with van der Waals surface area (Å²) in [6.45, 7) is 0. The molecule has 0 bridgehead atoms. The fraction of sp³-hybridized carbons (Fsp3) is 0.364. The summed E-state index contributed by atoms with van der Waals surface area (Å²) in [4.78, 5) is 7.96. The lowest BCUT2D eigenvalue weighted by Crippen LogP contribution is -2.55. The van der Waals surface area contributed by atoms with E-state index in [9.17, 15) is 8.78 Å². The largest absolute Gasteiger partial charge is 0.321 e. The first-order valence-electron chi connectivity index (χ1n) is 5.47. The summed E-state index contributed by atoms with van der Waals surface area (Å²) < 4.78 is 27.3. The van der Waals surface area contributed by atoms with Crippen LogP contribution < -0.4 is 5.73 Å². The van der Waals surface area contributed by atoms with E-state index in [0.29, 0.717) is 11.4 Å². The van der Waals surface area contributed by atoms with Crippen LogP contribution in [0, 0.1) is 0 Å². The van der Waals surface area contributed by atoms with Crippen LogP contribution in [0.25, 0.3) is 5.82 Å². The van der Waals surface area contributed by atoms with Gasteiger partial charge >= 0.3 is 0 Å². The van der Waals surface area contributed by atoms with Crippen molar-refractivity contribution in [1.82, 2.24) is 19.7 Å². The van der Waals surface area contributed by atoms with Crippen molar-refractivity contribution >= 4 is 0 Å². The summed E-state index contributed by atoms with van der Waals surface area (Å²) in [5, 5.41) is 3.93. The average molecular weight is 251 g/mol. The molecule has 2 heterocycles. The average Bonchev–Trinajstić information content (AvgIpc) is 2.80. The Hall–Kier alpha value is -1.89. The first-order chi connectivity index (χ1) is 8.49. The molecule has 5 nitrogen and oxygen atoms in total. The van der Waals surface area contributed by atoms with E-state index in [1.165, 1.54) is 23.5 Å². The smallest absolute Gasteiger partial charge is 0.252 e. The minimum Gasteiger partial charge on any atom is -0.321 e. The van der Waals surface area contributed by atoms with Crippen LogP contribution in [0.15, 0.2) is 31.0 Å². The van der Waals surface area contributed by atoms with Gasteiger partial charge in [-0.05, 0) is 11.6 Å². The van der Waals surface area contributed by atoms with E-state index < -0.39 is 11.5 Å². The van der Waals surface area contributed by atoms with Gasteiger partial charge in [-0.1, -0.05) is 6.07 Å². The maximum atomic E-state index is 12.9. The fourth-order valence-electron chi connectivity index (χ4n) is 2.22. The summed E-state index contributed by atoms with van der Waals surface area (Å²) >= 11 is 0. The third-order valence-corrected chi connectivity index (χ3v) is 3.12. The molecular weight excluding hydrogens is 240 g/mol. The zero-order valence-corrected chi connectivity index (χ0v) is 9.42. The second-order valence-electron chi connectivity index (χ2n) is 4.61. The van der Waals surface area contributed by atoms with E-state index in [0.717, 1.165) is 0 Å². The number of aromatic nitrogens is 4. The lowest BCUT2D eigenvalue weighted by Gasteiger charge is -2.44. The highest BCUT2D eigenvalue weighted by molar-refractivity contribution is 5.31. The van der Waals surface area contributed by atoms with E-state index in [2.05, 4.69) is 15.1 Å². The van der Waals surface area contributed by atoms with E-state index >= 15 is 0 Å². The molecule has 1 saturated carbocycles. The van der Waals surface area contributed by atoms with Crippen molar-refractivity contribution in [1.29, 1.82) is 0 Å². The van der Waals surface area contributed by atoms with Gasteiger partial charge in [0.1, 0.15) is 12.7 Å². The Bertz CT molecular complexity index is 541. The van der Waals surface area contributed by atoms with Gasteiger partial charge < -0.3 is 5.73 Å². The molecule has 2 aromatic rings. The second-order valence-corrected chi connectivity index (χ2v) is 4.61. The Morgan fingerprint density at radius 2 is 2.06 bits per heavy atom. The Kier molecular flexibility index (Phi) is 2.21. The number of halogens is 2. The van der Waals surface area contributed by atoms with Gasteiger partial charge in [-0.2, -0.15) is 5.10 Å². The summed E-state index contributed by atoms with van der Waals surface area (Å²) in [6.07, 6.45) is 3.77. The minimum absolute atomic E-state index is 0.329. The minimum atomic E-state index is -2.65. The number of hydrogen-bond donors (Lipinski definition) is 1. The number of pyridine rings is 1. The predicted octanol–water partition coefficient (Wildman–Crippen LogP) is 1.25. The molecule has 0 aliphatic heterocycles. The van der Waals surface area contributed by atoms with Crippen LogP contribution in [-0.2, 0) is 5.54 Å². The molecular formula is C11H11F2N5. The van der Waals surface area contributed by atoms with Crippen LogP contribution >= 0.6 is 0 Å². The second kappa shape index (κ2) is 3.55. The van der Waals surface area contributed by atoms with Gasteiger partial charge in [0.15, 0.2) is 5.82 Å². The van der Waals surface area contributed by atoms with E-state index in [1.54, 1.807) is 12.1 Å². The molecule has 2 N–H and O–H groups in total.